The number of halogens is 2. The molecule has 8 nitrogen and oxygen atoms in total. The van der Waals surface area contributed by atoms with Crippen molar-refractivity contribution in [1.82, 2.24) is 5.32 Å². The van der Waals surface area contributed by atoms with Gasteiger partial charge in [0.05, 0.1) is 36.8 Å². The Morgan fingerprint density at radius 3 is 2.47 bits per heavy atom. The molecule has 0 aromatic heterocycles. The van der Waals surface area contributed by atoms with Crippen molar-refractivity contribution in [3.8, 4) is 6.07 Å². The molecule has 1 unspecified atom stereocenters. The molecule has 0 radical (unpaired) electrons. The predicted octanol–water partition coefficient (Wildman–Crippen LogP) is 6.19. The van der Waals surface area contributed by atoms with Gasteiger partial charge in [0, 0.05) is 63.5 Å². The molecule has 6 rings (SSSR count). The van der Waals surface area contributed by atoms with Gasteiger partial charge in [-0.3, -0.25) is 4.79 Å². The zero-order chi connectivity index (χ0) is 29.9. The summed E-state index contributed by atoms with van der Waals surface area (Å²) < 4.78 is 5.55. The SMILES string of the molecule is CN1C(=O)C(N/C(=C/C#N)Nc2ccc(N3CCOCC3)c3ccccc23)N=C(c2ccccc2Cl)c2cc(Cl)ccc21. The molecule has 10 heteroatoms. The van der Waals surface area contributed by atoms with E-state index in [2.05, 4.69) is 33.7 Å². The summed E-state index contributed by atoms with van der Waals surface area (Å²) in [6.07, 6.45) is 0.255. The van der Waals surface area contributed by atoms with Gasteiger partial charge in [-0.15, -0.1) is 0 Å². The van der Waals surface area contributed by atoms with Gasteiger partial charge in [-0.2, -0.15) is 5.26 Å². The van der Waals surface area contributed by atoms with Crippen molar-refractivity contribution in [3.63, 3.8) is 0 Å². The minimum atomic E-state index is -1.08. The first kappa shape index (κ1) is 28.6. The minimum Gasteiger partial charge on any atom is -0.378 e. The summed E-state index contributed by atoms with van der Waals surface area (Å²) in [4.78, 5) is 22.5. The lowest BCUT2D eigenvalue weighted by molar-refractivity contribution is -0.119. The van der Waals surface area contributed by atoms with Crippen LogP contribution in [0.5, 0.6) is 0 Å². The van der Waals surface area contributed by atoms with Crippen LogP contribution in [-0.4, -0.2) is 51.1 Å². The van der Waals surface area contributed by atoms with Crippen LogP contribution in [0.2, 0.25) is 10.0 Å². The fourth-order valence-corrected chi connectivity index (χ4v) is 5.85. The van der Waals surface area contributed by atoms with E-state index in [1.54, 1.807) is 31.3 Å². The smallest absolute Gasteiger partial charge is 0.271 e. The Labute approximate surface area is 259 Å². The van der Waals surface area contributed by atoms with E-state index in [1.807, 2.05) is 42.5 Å². The van der Waals surface area contributed by atoms with Crippen LogP contribution in [-0.2, 0) is 9.53 Å². The summed E-state index contributed by atoms with van der Waals surface area (Å²) in [5, 5.41) is 19.3. The molecule has 216 valence electrons. The van der Waals surface area contributed by atoms with Crippen LogP contribution >= 0.6 is 23.2 Å². The first-order chi connectivity index (χ1) is 20.9. The summed E-state index contributed by atoms with van der Waals surface area (Å²) in [6, 6.07) is 26.9. The molecule has 4 aromatic rings. The van der Waals surface area contributed by atoms with E-state index in [1.165, 1.54) is 11.0 Å². The number of nitriles is 1. The van der Waals surface area contributed by atoms with Crippen molar-refractivity contribution in [2.24, 2.45) is 4.99 Å². The first-order valence-corrected chi connectivity index (χ1v) is 14.6. The molecule has 1 amide bonds. The van der Waals surface area contributed by atoms with Crippen LogP contribution < -0.4 is 20.4 Å². The Morgan fingerprint density at radius 2 is 1.70 bits per heavy atom. The number of hydrogen-bond acceptors (Lipinski definition) is 7. The van der Waals surface area contributed by atoms with Crippen molar-refractivity contribution in [3.05, 3.63) is 112 Å². The predicted molar refractivity (Wildman–Crippen MR) is 173 cm³/mol. The van der Waals surface area contributed by atoms with E-state index < -0.39 is 6.17 Å². The summed E-state index contributed by atoms with van der Waals surface area (Å²) in [7, 11) is 1.69. The summed E-state index contributed by atoms with van der Waals surface area (Å²) in [6.45, 7) is 3.00. The Balaban J connectivity index is 1.38. The van der Waals surface area contributed by atoms with E-state index >= 15 is 0 Å². The topological polar surface area (TPSA) is 93.0 Å². The number of amides is 1. The van der Waals surface area contributed by atoms with Crippen LogP contribution in [0.15, 0.2) is 95.8 Å². The number of benzene rings is 4. The second-order valence-electron chi connectivity index (χ2n) is 10.2. The number of allylic oxidation sites excluding steroid dienone is 1. The monoisotopic (exact) mass is 610 g/mol. The number of aliphatic imine (C=N–C) groups is 1. The molecule has 4 aromatic carbocycles. The average Bonchev–Trinajstić information content (AvgIpc) is 3.12. The van der Waals surface area contributed by atoms with E-state index in [9.17, 15) is 10.1 Å². The number of nitrogens with zero attached hydrogens (tertiary/aromatic N) is 4. The van der Waals surface area contributed by atoms with Crippen LogP contribution in [0, 0.1) is 11.3 Å². The molecule has 0 saturated carbocycles. The number of morpholine rings is 1. The number of benzodiazepines with no additional fused rings is 1. The van der Waals surface area contributed by atoms with Crippen molar-refractivity contribution < 1.29 is 9.53 Å². The van der Waals surface area contributed by atoms with E-state index in [4.69, 9.17) is 32.9 Å². The van der Waals surface area contributed by atoms with Gasteiger partial charge in [-0.1, -0.05) is 65.7 Å². The van der Waals surface area contributed by atoms with Crippen molar-refractivity contribution >= 4 is 62.7 Å². The van der Waals surface area contributed by atoms with E-state index in [-0.39, 0.29) is 5.91 Å². The first-order valence-electron chi connectivity index (χ1n) is 13.8. The maximum atomic E-state index is 13.8. The van der Waals surface area contributed by atoms with Crippen molar-refractivity contribution in [1.29, 1.82) is 5.26 Å². The number of nitrogens with one attached hydrogen (secondary N) is 2. The Hall–Kier alpha value is -4.55. The van der Waals surface area contributed by atoms with Gasteiger partial charge in [0.2, 0.25) is 6.17 Å². The summed E-state index contributed by atoms with van der Waals surface area (Å²) >= 11 is 13.0. The number of carbonyl (C=O) groups excluding carboxylic acids is 1. The standard InChI is InChI=1S/C33H28Cl2N6O2/c1-40-28-12-10-21(34)20-25(28)31(24-8-4-5-9-26(24)35)39-32(33(40)42)38-30(14-15-36)37-27-11-13-29(41-16-18-43-19-17-41)23-7-3-2-6-22(23)27/h2-14,20,32,37-38H,16-19H2,1H3/b30-14+. The Bertz CT molecular complexity index is 1810. The number of carbonyl (C=O) groups is 1. The second kappa shape index (κ2) is 12.4. The van der Waals surface area contributed by atoms with Gasteiger partial charge in [0.25, 0.3) is 5.91 Å². The molecule has 43 heavy (non-hydrogen) atoms. The fraction of sp³-hybridized carbons (Fsp3) is 0.182. The molecule has 2 aliphatic rings. The number of ether oxygens (including phenoxy) is 1. The normalized spacial score (nSPS) is 17.2. The lowest BCUT2D eigenvalue weighted by atomic mass is 10.00. The number of fused-ring (bicyclic) bond motifs is 2. The van der Waals surface area contributed by atoms with Gasteiger partial charge in [-0.05, 0) is 36.4 Å². The highest BCUT2D eigenvalue weighted by Crippen LogP contribution is 2.34. The summed E-state index contributed by atoms with van der Waals surface area (Å²) in [5.74, 6) is 0.00793. The molecule has 2 heterocycles. The lowest BCUT2D eigenvalue weighted by Crippen LogP contribution is -2.44. The highest BCUT2D eigenvalue weighted by Gasteiger charge is 2.31. The summed E-state index contributed by atoms with van der Waals surface area (Å²) in [5.41, 5.74) is 4.38. The minimum absolute atomic E-state index is 0.316. The van der Waals surface area contributed by atoms with Gasteiger partial charge >= 0.3 is 0 Å². The quantitative estimate of drug-likeness (QED) is 0.253. The molecule has 2 N–H and O–H groups in total. The number of rotatable bonds is 6. The zero-order valence-electron chi connectivity index (χ0n) is 23.3. The fourth-order valence-electron chi connectivity index (χ4n) is 5.45. The average molecular weight is 612 g/mol. The van der Waals surface area contributed by atoms with Gasteiger partial charge in [0.1, 0.15) is 5.82 Å². The molecule has 2 aliphatic heterocycles. The van der Waals surface area contributed by atoms with Crippen LogP contribution in [0.1, 0.15) is 11.1 Å². The Morgan fingerprint density at radius 1 is 0.977 bits per heavy atom. The zero-order valence-corrected chi connectivity index (χ0v) is 24.9. The molecule has 1 atom stereocenters. The molecule has 0 bridgehead atoms. The molecule has 0 spiro atoms. The molecule has 0 aliphatic carbocycles. The number of anilines is 3. The largest absolute Gasteiger partial charge is 0.378 e. The van der Waals surface area contributed by atoms with Gasteiger partial charge in [-0.25, -0.2) is 4.99 Å². The number of likely N-dealkylation sites (N-methyl/N-ethyl adjacent to an activating group) is 1. The van der Waals surface area contributed by atoms with E-state index in [0.29, 0.717) is 51.6 Å². The van der Waals surface area contributed by atoms with Crippen LogP contribution in [0.3, 0.4) is 0 Å². The molecule has 1 fully saturated rings. The molecule has 1 saturated heterocycles. The third-order valence-electron chi connectivity index (χ3n) is 7.55. The number of hydrogen-bond donors (Lipinski definition) is 2. The molecular formula is C33H28Cl2N6O2. The van der Waals surface area contributed by atoms with Crippen molar-refractivity contribution in [2.45, 2.75) is 6.17 Å². The van der Waals surface area contributed by atoms with Crippen LogP contribution in [0.4, 0.5) is 17.1 Å². The maximum Gasteiger partial charge on any atom is 0.271 e. The second-order valence-corrected chi connectivity index (χ2v) is 11.0. The Kier molecular flexibility index (Phi) is 8.21. The van der Waals surface area contributed by atoms with Gasteiger partial charge < -0.3 is 25.2 Å². The third-order valence-corrected chi connectivity index (χ3v) is 8.11. The molecular weight excluding hydrogens is 583 g/mol. The van der Waals surface area contributed by atoms with Crippen molar-refractivity contribution in [2.75, 3.05) is 48.5 Å². The van der Waals surface area contributed by atoms with Crippen LogP contribution in [0.25, 0.3) is 10.8 Å². The highest BCUT2D eigenvalue weighted by molar-refractivity contribution is 6.37. The van der Waals surface area contributed by atoms with Gasteiger partial charge in [0.15, 0.2) is 0 Å². The lowest BCUT2D eigenvalue weighted by Gasteiger charge is -2.30. The highest BCUT2D eigenvalue weighted by atomic mass is 35.5. The third kappa shape index (κ3) is 5.75. The van der Waals surface area contributed by atoms with E-state index in [0.717, 1.165) is 35.2 Å². The maximum absolute atomic E-state index is 13.8.